The van der Waals surface area contributed by atoms with Crippen LogP contribution < -0.4 is 5.32 Å². The molecule has 0 spiro atoms. The summed E-state index contributed by atoms with van der Waals surface area (Å²) in [6.07, 6.45) is 0. The summed E-state index contributed by atoms with van der Waals surface area (Å²) in [6, 6.07) is 23.4. The van der Waals surface area contributed by atoms with Crippen LogP contribution in [0.4, 0.5) is 5.69 Å². The molecule has 0 unspecified atom stereocenters. The van der Waals surface area contributed by atoms with Crippen LogP contribution in [0.1, 0.15) is 15.9 Å². The van der Waals surface area contributed by atoms with Gasteiger partial charge in [-0.2, -0.15) is 0 Å². The van der Waals surface area contributed by atoms with Crippen LogP contribution in [-0.2, 0) is 0 Å². The number of para-hydroxylation sites is 1. The molecule has 5 heteroatoms. The van der Waals surface area contributed by atoms with E-state index < -0.39 is 0 Å². The number of anilines is 1. The first-order chi connectivity index (χ1) is 13.5. The second kappa shape index (κ2) is 7.86. The molecule has 0 atom stereocenters. The minimum absolute atomic E-state index is 0.156. The third kappa shape index (κ3) is 3.60. The molecule has 0 bridgehead atoms. The summed E-state index contributed by atoms with van der Waals surface area (Å²) in [4.78, 5) is 18.1. The van der Waals surface area contributed by atoms with Gasteiger partial charge in [-0.05, 0) is 52.7 Å². The molecule has 0 fully saturated rings. The summed E-state index contributed by atoms with van der Waals surface area (Å²) in [6.45, 7) is 1.95. The van der Waals surface area contributed by atoms with Crippen molar-refractivity contribution in [1.29, 1.82) is 0 Å². The van der Waals surface area contributed by atoms with Gasteiger partial charge in [0.05, 0.1) is 22.5 Å². The van der Waals surface area contributed by atoms with Gasteiger partial charge in [0.15, 0.2) is 0 Å². The molecule has 0 aliphatic rings. The maximum Gasteiger partial charge on any atom is 0.256 e. The van der Waals surface area contributed by atoms with Crippen LogP contribution in [0, 0.1) is 6.92 Å². The average molecular weight is 496 g/mol. The Labute approximate surface area is 180 Å². The second-order valence-corrected chi connectivity index (χ2v) is 8.19. The van der Waals surface area contributed by atoms with Gasteiger partial charge in [0, 0.05) is 19.9 Å². The molecule has 138 valence electrons. The van der Waals surface area contributed by atoms with Crippen LogP contribution in [0.15, 0.2) is 81.7 Å². The zero-order chi connectivity index (χ0) is 19.7. The average Bonchev–Trinajstić information content (AvgIpc) is 2.70. The Morgan fingerprint density at radius 2 is 1.64 bits per heavy atom. The van der Waals surface area contributed by atoms with Crippen molar-refractivity contribution in [3.8, 4) is 11.3 Å². The van der Waals surface area contributed by atoms with Gasteiger partial charge in [-0.1, -0.05) is 64.5 Å². The minimum atomic E-state index is -0.156. The highest BCUT2D eigenvalue weighted by atomic mass is 79.9. The summed E-state index contributed by atoms with van der Waals surface area (Å²) >= 11 is 6.95. The van der Waals surface area contributed by atoms with Gasteiger partial charge in [0.1, 0.15) is 0 Å². The van der Waals surface area contributed by atoms with E-state index in [0.29, 0.717) is 5.56 Å². The Hall–Kier alpha value is -2.50. The van der Waals surface area contributed by atoms with E-state index in [9.17, 15) is 4.79 Å². The first-order valence-electron chi connectivity index (χ1n) is 8.76. The highest BCUT2D eigenvalue weighted by Gasteiger charge is 2.19. The van der Waals surface area contributed by atoms with Crippen molar-refractivity contribution in [2.24, 2.45) is 0 Å². The van der Waals surface area contributed by atoms with Crippen LogP contribution in [0.5, 0.6) is 0 Å². The molecule has 4 aromatic rings. The van der Waals surface area contributed by atoms with Crippen LogP contribution in [0.2, 0.25) is 0 Å². The number of halogens is 2. The van der Waals surface area contributed by atoms with Crippen LogP contribution in [0.25, 0.3) is 22.2 Å². The second-order valence-electron chi connectivity index (χ2n) is 6.42. The van der Waals surface area contributed by atoms with E-state index in [4.69, 9.17) is 4.98 Å². The smallest absolute Gasteiger partial charge is 0.256 e. The van der Waals surface area contributed by atoms with Crippen molar-refractivity contribution in [2.75, 3.05) is 5.32 Å². The Morgan fingerprint density at radius 1 is 0.929 bits per heavy atom. The SMILES string of the molecule is Cc1c(-c2ccccc2)nc2ccccc2c1C(=O)Nc1ccc(Br)cc1Br. The van der Waals surface area contributed by atoms with Gasteiger partial charge >= 0.3 is 0 Å². The van der Waals surface area contributed by atoms with E-state index in [1.165, 1.54) is 0 Å². The number of rotatable bonds is 3. The first kappa shape index (κ1) is 18.8. The fourth-order valence-electron chi connectivity index (χ4n) is 3.25. The summed E-state index contributed by atoms with van der Waals surface area (Å²) in [5.74, 6) is -0.156. The highest BCUT2D eigenvalue weighted by molar-refractivity contribution is 9.11. The first-order valence-corrected chi connectivity index (χ1v) is 10.3. The summed E-state index contributed by atoms with van der Waals surface area (Å²) in [5.41, 5.74) is 4.82. The molecule has 3 aromatic carbocycles. The van der Waals surface area contributed by atoms with E-state index in [0.717, 1.165) is 42.4 Å². The lowest BCUT2D eigenvalue weighted by atomic mass is 9.97. The van der Waals surface area contributed by atoms with Crippen molar-refractivity contribution in [3.63, 3.8) is 0 Å². The summed E-state index contributed by atoms with van der Waals surface area (Å²) in [7, 11) is 0. The van der Waals surface area contributed by atoms with Gasteiger partial charge < -0.3 is 5.32 Å². The molecule has 4 rings (SSSR count). The standard InChI is InChI=1S/C23H16Br2N2O/c1-14-21(23(28)27-20-12-11-16(24)13-18(20)25)17-9-5-6-10-19(17)26-22(14)15-7-3-2-4-8-15/h2-13H,1H3,(H,27,28). The monoisotopic (exact) mass is 494 g/mol. The Balaban J connectivity index is 1.87. The number of carbonyl (C=O) groups is 1. The van der Waals surface area contributed by atoms with Gasteiger partial charge in [0.2, 0.25) is 0 Å². The number of carbonyl (C=O) groups excluding carboxylic acids is 1. The van der Waals surface area contributed by atoms with Crippen LogP contribution in [0.3, 0.4) is 0 Å². The lowest BCUT2D eigenvalue weighted by molar-refractivity contribution is 0.102. The van der Waals surface area contributed by atoms with Gasteiger partial charge in [-0.3, -0.25) is 4.79 Å². The van der Waals surface area contributed by atoms with Crippen molar-refractivity contribution in [2.45, 2.75) is 6.92 Å². The molecule has 0 saturated heterocycles. The van der Waals surface area contributed by atoms with Crippen LogP contribution >= 0.6 is 31.9 Å². The molecular weight excluding hydrogens is 480 g/mol. The minimum Gasteiger partial charge on any atom is -0.321 e. The maximum absolute atomic E-state index is 13.3. The molecule has 1 heterocycles. The number of benzene rings is 3. The predicted molar refractivity (Wildman–Crippen MR) is 122 cm³/mol. The Bertz CT molecular complexity index is 1190. The highest BCUT2D eigenvalue weighted by Crippen LogP contribution is 2.31. The van der Waals surface area contributed by atoms with Crippen molar-refractivity contribution in [3.05, 3.63) is 92.9 Å². The van der Waals surface area contributed by atoms with Crippen molar-refractivity contribution in [1.82, 2.24) is 4.98 Å². The zero-order valence-corrected chi connectivity index (χ0v) is 18.2. The number of hydrogen-bond donors (Lipinski definition) is 1. The maximum atomic E-state index is 13.3. The van der Waals surface area contributed by atoms with E-state index in [-0.39, 0.29) is 5.91 Å². The molecule has 1 amide bonds. The molecule has 28 heavy (non-hydrogen) atoms. The molecule has 0 radical (unpaired) electrons. The predicted octanol–water partition coefficient (Wildman–Crippen LogP) is 6.99. The van der Waals surface area contributed by atoms with Gasteiger partial charge in [0.25, 0.3) is 5.91 Å². The third-order valence-electron chi connectivity index (χ3n) is 4.59. The van der Waals surface area contributed by atoms with E-state index in [1.54, 1.807) is 0 Å². The third-order valence-corrected chi connectivity index (χ3v) is 5.74. The normalized spacial score (nSPS) is 10.8. The molecule has 1 aromatic heterocycles. The van der Waals surface area contributed by atoms with Crippen molar-refractivity contribution < 1.29 is 4.79 Å². The Morgan fingerprint density at radius 3 is 2.39 bits per heavy atom. The zero-order valence-electron chi connectivity index (χ0n) is 15.0. The largest absolute Gasteiger partial charge is 0.321 e. The molecular formula is C23H16Br2N2O. The number of pyridine rings is 1. The lowest BCUT2D eigenvalue weighted by Crippen LogP contribution is -2.15. The summed E-state index contributed by atoms with van der Waals surface area (Å²) in [5, 5.41) is 3.87. The van der Waals surface area contributed by atoms with E-state index in [2.05, 4.69) is 37.2 Å². The number of hydrogen-bond acceptors (Lipinski definition) is 2. The molecule has 0 aliphatic carbocycles. The topological polar surface area (TPSA) is 42.0 Å². The number of aromatic nitrogens is 1. The van der Waals surface area contributed by atoms with Crippen molar-refractivity contribution >= 4 is 54.4 Å². The number of nitrogens with zero attached hydrogens (tertiary/aromatic N) is 1. The fraction of sp³-hybridized carbons (Fsp3) is 0.0435. The van der Waals surface area contributed by atoms with E-state index in [1.807, 2.05) is 79.7 Å². The lowest BCUT2D eigenvalue weighted by Gasteiger charge is -2.15. The number of nitrogens with one attached hydrogen (secondary N) is 1. The summed E-state index contributed by atoms with van der Waals surface area (Å²) < 4.78 is 1.75. The number of amides is 1. The Kier molecular flexibility index (Phi) is 5.29. The van der Waals surface area contributed by atoms with Gasteiger partial charge in [-0.15, -0.1) is 0 Å². The molecule has 0 saturated carbocycles. The van der Waals surface area contributed by atoms with Gasteiger partial charge in [-0.25, -0.2) is 4.98 Å². The quantitative estimate of drug-likeness (QED) is 0.333. The fourth-order valence-corrected chi connectivity index (χ4v) is 4.40. The number of fused-ring (bicyclic) bond motifs is 1. The molecule has 0 aliphatic heterocycles. The molecule has 3 nitrogen and oxygen atoms in total. The van der Waals surface area contributed by atoms with Crippen LogP contribution in [-0.4, -0.2) is 10.9 Å². The van der Waals surface area contributed by atoms with E-state index >= 15 is 0 Å². The molecule has 1 N–H and O–H groups in total.